The highest BCUT2D eigenvalue weighted by molar-refractivity contribution is 5.71. The molecular weight excluding hydrogens is 242 g/mol. The molecule has 6 nitrogen and oxygen atoms in total. The van der Waals surface area contributed by atoms with E-state index in [9.17, 15) is 0 Å². The van der Waals surface area contributed by atoms with Gasteiger partial charge in [-0.25, -0.2) is 4.98 Å². The number of anilines is 3. The number of hydrogen-bond acceptors (Lipinski definition) is 6. The highest BCUT2D eigenvalue weighted by Gasteiger charge is 2.08. The van der Waals surface area contributed by atoms with Gasteiger partial charge in [0.2, 0.25) is 0 Å². The Kier molecular flexibility index (Phi) is 3.78. The van der Waals surface area contributed by atoms with Crippen molar-refractivity contribution in [1.82, 2.24) is 9.97 Å². The van der Waals surface area contributed by atoms with Gasteiger partial charge in [-0.05, 0) is 0 Å². The third kappa shape index (κ3) is 2.72. The smallest absolute Gasteiger partial charge is 0.145 e. The molecule has 6 heteroatoms. The number of rotatable bonds is 4. The van der Waals surface area contributed by atoms with Crippen LogP contribution in [0.15, 0.2) is 30.7 Å². The van der Waals surface area contributed by atoms with E-state index in [1.807, 2.05) is 0 Å². The summed E-state index contributed by atoms with van der Waals surface area (Å²) in [7, 11) is 3.35. The van der Waals surface area contributed by atoms with Gasteiger partial charge in [0.1, 0.15) is 17.6 Å². The van der Waals surface area contributed by atoms with Gasteiger partial charge in [0, 0.05) is 31.6 Å². The van der Waals surface area contributed by atoms with Gasteiger partial charge < -0.3 is 15.4 Å². The molecule has 0 aliphatic heterocycles. The number of methoxy groups -OCH3 is 1. The maximum Gasteiger partial charge on any atom is 0.145 e. The molecule has 0 saturated heterocycles. The molecule has 19 heavy (non-hydrogen) atoms. The van der Waals surface area contributed by atoms with E-state index in [4.69, 9.17) is 10.00 Å². The van der Waals surface area contributed by atoms with Gasteiger partial charge in [0.25, 0.3) is 0 Å². The second kappa shape index (κ2) is 5.69. The predicted octanol–water partition coefficient (Wildman–Crippen LogP) is 2.14. The SMILES string of the molecule is CNc1cc(Nc2cnccc2OC)c(C#N)cn1. The van der Waals surface area contributed by atoms with Gasteiger partial charge in [0.05, 0.1) is 30.2 Å². The fourth-order valence-electron chi connectivity index (χ4n) is 1.58. The minimum atomic E-state index is 0.449. The Hall–Kier alpha value is -2.81. The van der Waals surface area contributed by atoms with Crippen LogP contribution in [0.25, 0.3) is 0 Å². The van der Waals surface area contributed by atoms with Crippen molar-refractivity contribution in [2.45, 2.75) is 0 Å². The average Bonchev–Trinajstić information content (AvgIpc) is 2.47. The third-order valence-corrected chi connectivity index (χ3v) is 2.55. The Balaban J connectivity index is 2.39. The molecule has 0 spiro atoms. The van der Waals surface area contributed by atoms with Crippen LogP contribution < -0.4 is 15.4 Å². The van der Waals surface area contributed by atoms with Crippen LogP contribution in [-0.4, -0.2) is 24.1 Å². The minimum Gasteiger partial charge on any atom is -0.494 e. The number of ether oxygens (including phenoxy) is 1. The number of hydrogen-bond donors (Lipinski definition) is 2. The second-order valence-electron chi connectivity index (χ2n) is 3.68. The van der Waals surface area contributed by atoms with Gasteiger partial charge >= 0.3 is 0 Å². The van der Waals surface area contributed by atoms with Crippen LogP contribution in [0.5, 0.6) is 5.75 Å². The number of nitriles is 1. The summed E-state index contributed by atoms with van der Waals surface area (Å²) in [5.41, 5.74) is 1.79. The predicted molar refractivity (Wildman–Crippen MR) is 72.6 cm³/mol. The molecule has 96 valence electrons. The lowest BCUT2D eigenvalue weighted by Crippen LogP contribution is -2.00. The van der Waals surface area contributed by atoms with Crippen LogP contribution in [0.3, 0.4) is 0 Å². The molecule has 0 aromatic carbocycles. The highest BCUT2D eigenvalue weighted by Crippen LogP contribution is 2.28. The molecular formula is C13H13N5O. The lowest BCUT2D eigenvalue weighted by Gasteiger charge is -2.12. The number of aromatic nitrogens is 2. The average molecular weight is 255 g/mol. The van der Waals surface area contributed by atoms with Gasteiger partial charge in [-0.3, -0.25) is 4.98 Å². The van der Waals surface area contributed by atoms with E-state index in [1.165, 1.54) is 6.20 Å². The normalized spacial score (nSPS) is 9.53. The molecule has 2 aromatic rings. The summed E-state index contributed by atoms with van der Waals surface area (Å²) in [5.74, 6) is 1.33. The fourth-order valence-corrected chi connectivity index (χ4v) is 1.58. The monoisotopic (exact) mass is 255 g/mol. The number of nitrogens with one attached hydrogen (secondary N) is 2. The van der Waals surface area contributed by atoms with E-state index in [2.05, 4.69) is 26.7 Å². The molecule has 2 heterocycles. The van der Waals surface area contributed by atoms with Crippen LogP contribution in [0, 0.1) is 11.3 Å². The van der Waals surface area contributed by atoms with Crippen LogP contribution in [0.1, 0.15) is 5.56 Å². The molecule has 2 rings (SSSR count). The molecule has 0 bridgehead atoms. The summed E-state index contributed by atoms with van der Waals surface area (Å²) >= 11 is 0. The van der Waals surface area contributed by atoms with Crippen molar-refractivity contribution in [3.63, 3.8) is 0 Å². The van der Waals surface area contributed by atoms with E-state index < -0.39 is 0 Å². The van der Waals surface area contributed by atoms with Crippen molar-refractivity contribution in [3.05, 3.63) is 36.3 Å². The zero-order chi connectivity index (χ0) is 13.7. The van der Waals surface area contributed by atoms with E-state index in [1.54, 1.807) is 38.7 Å². The topological polar surface area (TPSA) is 82.9 Å². The maximum absolute atomic E-state index is 9.09. The van der Waals surface area contributed by atoms with Crippen LogP contribution in [-0.2, 0) is 0 Å². The van der Waals surface area contributed by atoms with Crippen molar-refractivity contribution in [2.24, 2.45) is 0 Å². The summed E-state index contributed by atoms with van der Waals surface area (Å²) in [6, 6.07) is 5.59. The first-order valence-electron chi connectivity index (χ1n) is 5.61. The highest BCUT2D eigenvalue weighted by atomic mass is 16.5. The van der Waals surface area contributed by atoms with Crippen molar-refractivity contribution < 1.29 is 4.74 Å². The molecule has 2 aromatic heterocycles. The molecule has 0 aliphatic rings. The Bertz CT molecular complexity index is 621. The first-order chi connectivity index (χ1) is 9.28. The molecule has 0 aliphatic carbocycles. The zero-order valence-electron chi connectivity index (χ0n) is 10.6. The number of nitrogens with zero attached hydrogens (tertiary/aromatic N) is 3. The quantitative estimate of drug-likeness (QED) is 0.871. The molecule has 0 atom stereocenters. The van der Waals surface area contributed by atoms with Gasteiger partial charge in [-0.1, -0.05) is 0 Å². The van der Waals surface area contributed by atoms with Crippen molar-refractivity contribution in [1.29, 1.82) is 5.26 Å². The minimum absolute atomic E-state index is 0.449. The lowest BCUT2D eigenvalue weighted by atomic mass is 10.2. The Morgan fingerprint density at radius 2 is 2.16 bits per heavy atom. The number of pyridine rings is 2. The second-order valence-corrected chi connectivity index (χ2v) is 3.68. The summed E-state index contributed by atoms with van der Waals surface area (Å²) in [6.45, 7) is 0. The lowest BCUT2D eigenvalue weighted by molar-refractivity contribution is 0.416. The molecule has 0 saturated carbocycles. The van der Waals surface area contributed by atoms with Crippen molar-refractivity contribution >= 4 is 17.2 Å². The molecule has 0 unspecified atom stereocenters. The van der Waals surface area contributed by atoms with Crippen LogP contribution in [0.4, 0.5) is 17.2 Å². The van der Waals surface area contributed by atoms with Crippen molar-refractivity contribution in [2.75, 3.05) is 24.8 Å². The maximum atomic E-state index is 9.09. The van der Waals surface area contributed by atoms with E-state index in [0.717, 1.165) is 0 Å². The molecule has 0 fully saturated rings. The zero-order valence-corrected chi connectivity index (χ0v) is 10.6. The molecule has 0 amide bonds. The fraction of sp³-hybridized carbons (Fsp3) is 0.154. The van der Waals surface area contributed by atoms with Crippen molar-refractivity contribution in [3.8, 4) is 11.8 Å². The summed E-state index contributed by atoms with van der Waals surface area (Å²) in [5, 5.41) is 15.1. The van der Waals surface area contributed by atoms with Crippen LogP contribution in [0.2, 0.25) is 0 Å². The summed E-state index contributed by atoms with van der Waals surface area (Å²) in [4.78, 5) is 8.12. The largest absolute Gasteiger partial charge is 0.494 e. The molecule has 2 N–H and O–H groups in total. The van der Waals surface area contributed by atoms with E-state index in [-0.39, 0.29) is 0 Å². The van der Waals surface area contributed by atoms with E-state index in [0.29, 0.717) is 28.5 Å². The summed E-state index contributed by atoms with van der Waals surface area (Å²) < 4.78 is 5.23. The molecule has 0 radical (unpaired) electrons. The van der Waals surface area contributed by atoms with E-state index >= 15 is 0 Å². The Labute approximate surface area is 111 Å². The van der Waals surface area contributed by atoms with Gasteiger partial charge in [-0.2, -0.15) is 5.26 Å². The Morgan fingerprint density at radius 1 is 1.32 bits per heavy atom. The standard InChI is InChI=1S/C13H13N5O/c1-15-13-5-10(9(6-14)7-17-13)18-11-8-16-4-3-12(11)19-2/h3-5,7-8H,1-2H3,(H2,15,17,18). The van der Waals surface area contributed by atoms with Crippen LogP contribution >= 0.6 is 0 Å². The van der Waals surface area contributed by atoms with Gasteiger partial charge in [-0.15, -0.1) is 0 Å². The summed E-state index contributed by atoms with van der Waals surface area (Å²) in [6.07, 6.45) is 4.79. The first-order valence-corrected chi connectivity index (χ1v) is 5.61. The Morgan fingerprint density at radius 3 is 2.84 bits per heavy atom. The first kappa shape index (κ1) is 12.6. The van der Waals surface area contributed by atoms with Gasteiger partial charge in [0.15, 0.2) is 0 Å². The third-order valence-electron chi connectivity index (χ3n) is 2.55.